The molecule has 0 radical (unpaired) electrons. The third kappa shape index (κ3) is 7.82. The van der Waals surface area contributed by atoms with Crippen LogP contribution in [0, 0.1) is 0 Å². The zero-order valence-corrected chi connectivity index (χ0v) is 28.6. The molecule has 0 saturated heterocycles. The molecular formula is C42H40N2O8. The molecule has 7 rings (SSSR count). The van der Waals surface area contributed by atoms with Gasteiger partial charge in [0.2, 0.25) is 0 Å². The van der Waals surface area contributed by atoms with E-state index in [1.807, 2.05) is 48.5 Å². The first-order valence-electron chi connectivity index (χ1n) is 17.4. The van der Waals surface area contributed by atoms with Crippen LogP contribution in [0.2, 0.25) is 0 Å². The maximum atomic E-state index is 12.6. The van der Waals surface area contributed by atoms with Gasteiger partial charge in [-0.1, -0.05) is 97.1 Å². The van der Waals surface area contributed by atoms with Crippen LogP contribution in [0.4, 0.5) is 9.59 Å². The monoisotopic (exact) mass is 700 g/mol. The van der Waals surface area contributed by atoms with Gasteiger partial charge in [0.05, 0.1) is 19.7 Å². The minimum Gasteiger partial charge on any atom is -0.491 e. The predicted molar refractivity (Wildman–Crippen MR) is 196 cm³/mol. The average molecular weight is 701 g/mol. The molecule has 0 aliphatic heterocycles. The van der Waals surface area contributed by atoms with Gasteiger partial charge in [-0.15, -0.1) is 0 Å². The number of nitrogens with one attached hydrogen (secondary N) is 2. The van der Waals surface area contributed by atoms with Crippen molar-refractivity contribution in [2.45, 2.75) is 11.8 Å². The molecule has 2 amide bonds. The van der Waals surface area contributed by atoms with Crippen molar-refractivity contribution in [3.63, 3.8) is 0 Å². The number of ether oxygens (including phenoxy) is 5. The fourth-order valence-corrected chi connectivity index (χ4v) is 6.90. The predicted octanol–water partition coefficient (Wildman–Crippen LogP) is 6.89. The number of benzene rings is 5. The van der Waals surface area contributed by atoms with Crippen molar-refractivity contribution in [2.75, 3.05) is 52.7 Å². The molecule has 2 aliphatic rings. The number of rotatable bonds is 15. The summed E-state index contributed by atoms with van der Waals surface area (Å²) in [5.41, 5.74) is 9.26. The zero-order valence-electron chi connectivity index (χ0n) is 28.6. The Balaban J connectivity index is 0.850. The summed E-state index contributed by atoms with van der Waals surface area (Å²) in [7, 11) is 0. The molecule has 5 aromatic carbocycles. The molecule has 2 aliphatic carbocycles. The molecular weight excluding hydrogens is 660 g/mol. The molecule has 0 bridgehead atoms. The Morgan fingerprint density at radius 1 is 0.500 bits per heavy atom. The number of carbonyl (C=O) groups excluding carboxylic acids is 2. The molecule has 0 fully saturated rings. The summed E-state index contributed by atoms with van der Waals surface area (Å²) in [5.74, 6) is 1.29. The first kappa shape index (κ1) is 34.4. The minimum absolute atomic E-state index is 0.0244. The Morgan fingerprint density at radius 3 is 1.17 bits per heavy atom. The van der Waals surface area contributed by atoms with Crippen molar-refractivity contribution in [1.82, 2.24) is 10.6 Å². The maximum absolute atomic E-state index is 12.6. The number of hydrogen-bond donors (Lipinski definition) is 3. The number of hydrogen-bond acceptors (Lipinski definition) is 8. The summed E-state index contributed by atoms with van der Waals surface area (Å²) in [6.45, 7) is 1.12. The summed E-state index contributed by atoms with van der Waals surface area (Å²) in [5, 5.41) is 14.7. The third-order valence-electron chi connectivity index (χ3n) is 9.18. The lowest BCUT2D eigenvalue weighted by atomic mass is 9.98. The first-order valence-corrected chi connectivity index (χ1v) is 17.4. The van der Waals surface area contributed by atoms with Crippen LogP contribution in [-0.4, -0.2) is 70.0 Å². The summed E-state index contributed by atoms with van der Waals surface area (Å²) >= 11 is 0. The average Bonchev–Trinajstić information content (AvgIpc) is 3.68. The Morgan fingerprint density at radius 2 is 0.827 bits per heavy atom. The summed E-state index contributed by atoms with van der Waals surface area (Å²) in [6.07, 6.45) is -1.06. The summed E-state index contributed by atoms with van der Waals surface area (Å²) in [4.78, 5) is 25.1. The van der Waals surface area contributed by atoms with Gasteiger partial charge >= 0.3 is 12.2 Å². The molecule has 0 unspecified atom stereocenters. The lowest BCUT2D eigenvalue weighted by molar-refractivity contribution is 0.140. The van der Waals surface area contributed by atoms with Gasteiger partial charge in [0, 0.05) is 30.0 Å². The molecule has 266 valence electrons. The Labute approximate surface area is 302 Å². The van der Waals surface area contributed by atoms with Crippen molar-refractivity contribution in [3.05, 3.63) is 138 Å². The number of amides is 2. The minimum atomic E-state index is -0.529. The highest BCUT2D eigenvalue weighted by Gasteiger charge is 2.30. The number of carbonyl (C=O) groups is 2. The van der Waals surface area contributed by atoms with E-state index in [1.165, 1.54) is 22.3 Å². The highest BCUT2D eigenvalue weighted by molar-refractivity contribution is 5.80. The SMILES string of the molecule is O=C(NCCOc1cc(OCCO)cc(OCCNC(=O)OCC2c3ccccc3-c3ccccc32)c1)OCC1c2ccccc2-c2ccccc21. The fourth-order valence-electron chi connectivity index (χ4n) is 6.90. The van der Waals surface area contributed by atoms with Crippen LogP contribution in [0.1, 0.15) is 34.1 Å². The van der Waals surface area contributed by atoms with Gasteiger partial charge in [-0.3, -0.25) is 0 Å². The van der Waals surface area contributed by atoms with Gasteiger partial charge in [0.25, 0.3) is 0 Å². The van der Waals surface area contributed by atoms with Crippen LogP contribution in [0.5, 0.6) is 17.2 Å². The molecule has 52 heavy (non-hydrogen) atoms. The van der Waals surface area contributed by atoms with Gasteiger partial charge in [-0.2, -0.15) is 0 Å². The molecule has 0 aromatic heterocycles. The molecule has 10 nitrogen and oxygen atoms in total. The van der Waals surface area contributed by atoms with Gasteiger partial charge in [0.1, 0.15) is 50.3 Å². The van der Waals surface area contributed by atoms with Crippen LogP contribution in [0.25, 0.3) is 22.3 Å². The van der Waals surface area contributed by atoms with Crippen molar-refractivity contribution in [1.29, 1.82) is 0 Å². The van der Waals surface area contributed by atoms with Crippen LogP contribution < -0.4 is 24.8 Å². The van der Waals surface area contributed by atoms with E-state index in [1.54, 1.807) is 18.2 Å². The van der Waals surface area contributed by atoms with Crippen LogP contribution in [0.15, 0.2) is 115 Å². The van der Waals surface area contributed by atoms with E-state index in [0.29, 0.717) is 17.2 Å². The lowest BCUT2D eigenvalue weighted by Gasteiger charge is -2.16. The third-order valence-corrected chi connectivity index (χ3v) is 9.18. The van der Waals surface area contributed by atoms with Crippen molar-refractivity contribution in [2.24, 2.45) is 0 Å². The van der Waals surface area contributed by atoms with Crippen LogP contribution in [0.3, 0.4) is 0 Å². The summed E-state index contributed by atoms with van der Waals surface area (Å²) < 4.78 is 28.6. The molecule has 5 aromatic rings. The van der Waals surface area contributed by atoms with Gasteiger partial charge < -0.3 is 39.4 Å². The molecule has 0 saturated carbocycles. The summed E-state index contributed by atoms with van der Waals surface area (Å²) in [6, 6.07) is 37.8. The normalized spacial score (nSPS) is 12.6. The van der Waals surface area contributed by atoms with Crippen molar-refractivity contribution >= 4 is 12.2 Å². The number of fused-ring (bicyclic) bond motifs is 6. The van der Waals surface area contributed by atoms with E-state index < -0.39 is 12.2 Å². The van der Waals surface area contributed by atoms with Gasteiger partial charge in [-0.05, 0) is 44.5 Å². The second kappa shape index (κ2) is 16.3. The maximum Gasteiger partial charge on any atom is 0.407 e. The van der Waals surface area contributed by atoms with Crippen LogP contribution in [-0.2, 0) is 9.47 Å². The first-order chi connectivity index (χ1) is 25.6. The second-order valence-corrected chi connectivity index (χ2v) is 12.4. The second-order valence-electron chi connectivity index (χ2n) is 12.4. The Hall–Kier alpha value is -6.00. The van der Waals surface area contributed by atoms with E-state index in [-0.39, 0.29) is 64.6 Å². The zero-order chi connectivity index (χ0) is 35.7. The van der Waals surface area contributed by atoms with Gasteiger partial charge in [-0.25, -0.2) is 9.59 Å². The van der Waals surface area contributed by atoms with E-state index in [4.69, 9.17) is 23.7 Å². The lowest BCUT2D eigenvalue weighted by Crippen LogP contribution is -2.30. The smallest absolute Gasteiger partial charge is 0.407 e. The molecule has 0 heterocycles. The number of alkyl carbamates (subject to hydrolysis) is 2. The largest absolute Gasteiger partial charge is 0.491 e. The number of aliphatic hydroxyl groups is 1. The number of aliphatic hydroxyl groups excluding tert-OH is 1. The molecule has 3 N–H and O–H groups in total. The Kier molecular flexibility index (Phi) is 10.8. The molecule has 0 spiro atoms. The fraction of sp³-hybridized carbons (Fsp3) is 0.238. The quantitative estimate of drug-likeness (QED) is 0.101. The van der Waals surface area contributed by atoms with E-state index in [2.05, 4.69) is 59.2 Å². The van der Waals surface area contributed by atoms with E-state index in [9.17, 15) is 14.7 Å². The highest BCUT2D eigenvalue weighted by atomic mass is 16.6. The van der Waals surface area contributed by atoms with E-state index >= 15 is 0 Å². The van der Waals surface area contributed by atoms with E-state index in [0.717, 1.165) is 22.3 Å². The Bertz CT molecular complexity index is 1800. The standard InChI is InChI=1S/C42H40N2O8/c45-19-22-50-30-24-28(48-20-17-43-41(46)51-26-39-35-13-5-1-9-31(35)32-10-2-6-14-36(32)39)23-29(25-30)49-21-18-44-42(47)52-27-40-37-15-7-3-11-33(37)34-12-4-8-16-38(34)40/h1-16,23-25,39-40,45H,17-22,26-27H2,(H,43,46)(H,44,47). The van der Waals surface area contributed by atoms with Gasteiger partial charge in [0.15, 0.2) is 0 Å². The van der Waals surface area contributed by atoms with Crippen molar-refractivity contribution in [3.8, 4) is 39.5 Å². The topological polar surface area (TPSA) is 125 Å². The molecule has 10 heteroatoms. The molecule has 0 atom stereocenters. The highest BCUT2D eigenvalue weighted by Crippen LogP contribution is 2.45. The van der Waals surface area contributed by atoms with Crippen LogP contribution >= 0.6 is 0 Å². The van der Waals surface area contributed by atoms with Crippen molar-refractivity contribution < 1.29 is 38.4 Å².